The lowest BCUT2D eigenvalue weighted by Gasteiger charge is -2.08. The summed E-state index contributed by atoms with van der Waals surface area (Å²) in [6.45, 7) is 3.38. The second-order valence-electron chi connectivity index (χ2n) is 3.02. The third-order valence-electron chi connectivity index (χ3n) is 1.86. The second kappa shape index (κ2) is 5.34. The molecule has 0 spiro atoms. The monoisotopic (exact) mass is 293 g/mol. The third-order valence-corrected chi connectivity index (χ3v) is 2.86. The molecule has 88 valence electrons. The van der Waals surface area contributed by atoms with E-state index in [0.29, 0.717) is 10.2 Å². The van der Waals surface area contributed by atoms with Gasteiger partial charge in [0.15, 0.2) is 0 Å². The maximum Gasteiger partial charge on any atom is 0.339 e. The second-order valence-corrected chi connectivity index (χ2v) is 3.81. The topological polar surface area (TPSA) is 39.2 Å². The first kappa shape index (κ1) is 13.0. The van der Waals surface area contributed by atoms with Crippen LogP contribution >= 0.6 is 15.9 Å². The molecule has 0 aromatic carbocycles. The highest BCUT2D eigenvalue weighted by molar-refractivity contribution is 9.10. The molecular formula is C10H10BrF2NO2. The summed E-state index contributed by atoms with van der Waals surface area (Å²) in [6.07, 6.45) is -2.71. The van der Waals surface area contributed by atoms with Crippen LogP contribution in [0.4, 0.5) is 8.78 Å². The van der Waals surface area contributed by atoms with Crippen LogP contribution in [0.2, 0.25) is 0 Å². The molecule has 1 aromatic rings. The Morgan fingerprint density at radius 1 is 1.62 bits per heavy atom. The van der Waals surface area contributed by atoms with Crippen molar-refractivity contribution in [2.75, 3.05) is 6.61 Å². The molecule has 0 atom stereocenters. The number of halogens is 3. The average Bonchev–Trinajstić information content (AvgIpc) is 2.21. The number of aromatic nitrogens is 1. The minimum absolute atomic E-state index is 0.0738. The van der Waals surface area contributed by atoms with Crippen molar-refractivity contribution in [2.24, 2.45) is 0 Å². The number of aryl methyl sites for hydroxylation is 1. The van der Waals surface area contributed by atoms with Gasteiger partial charge in [0.25, 0.3) is 6.43 Å². The molecule has 1 heterocycles. The van der Waals surface area contributed by atoms with Crippen LogP contribution in [0.5, 0.6) is 0 Å². The number of hydrogen-bond donors (Lipinski definition) is 0. The van der Waals surface area contributed by atoms with Crippen LogP contribution in [0.15, 0.2) is 10.5 Å². The molecule has 0 amide bonds. The molecule has 0 N–H and O–H groups in total. The van der Waals surface area contributed by atoms with Crippen molar-refractivity contribution in [2.45, 2.75) is 20.3 Å². The first-order valence-corrected chi connectivity index (χ1v) is 5.39. The van der Waals surface area contributed by atoms with Gasteiger partial charge in [0, 0.05) is 0 Å². The number of esters is 1. The standard InChI is InChI=1S/C10H10BrF2NO2/c1-3-16-10(15)6-4-7(9(12)13)14-5(2)8(6)11/h4,9H,3H2,1-2H3. The Morgan fingerprint density at radius 3 is 2.75 bits per heavy atom. The van der Waals surface area contributed by atoms with E-state index in [9.17, 15) is 13.6 Å². The minimum Gasteiger partial charge on any atom is -0.462 e. The molecule has 6 heteroatoms. The SMILES string of the molecule is CCOC(=O)c1cc(C(F)F)nc(C)c1Br. The van der Waals surface area contributed by atoms with Gasteiger partial charge in [-0.25, -0.2) is 13.6 Å². The molecule has 0 bridgehead atoms. The summed E-state index contributed by atoms with van der Waals surface area (Å²) < 4.78 is 30.1. The summed E-state index contributed by atoms with van der Waals surface area (Å²) in [5.41, 5.74) is -0.0192. The quantitative estimate of drug-likeness (QED) is 0.803. The van der Waals surface area contributed by atoms with Gasteiger partial charge in [0.05, 0.1) is 22.3 Å². The van der Waals surface area contributed by atoms with Crippen LogP contribution in [0.1, 0.15) is 35.1 Å². The molecule has 0 saturated heterocycles. The van der Waals surface area contributed by atoms with Gasteiger partial charge in [-0.3, -0.25) is 4.98 Å². The molecule has 0 aliphatic carbocycles. The molecule has 3 nitrogen and oxygen atoms in total. The molecule has 0 radical (unpaired) electrons. The zero-order valence-corrected chi connectivity index (χ0v) is 10.3. The Labute approximate surface area is 99.9 Å². The summed E-state index contributed by atoms with van der Waals surface area (Å²) in [4.78, 5) is 15.1. The number of hydrogen-bond acceptors (Lipinski definition) is 3. The van der Waals surface area contributed by atoms with Crippen molar-refractivity contribution in [3.63, 3.8) is 0 Å². The fourth-order valence-electron chi connectivity index (χ4n) is 1.15. The summed E-state index contributed by atoms with van der Waals surface area (Å²) in [6, 6.07) is 1.04. The maximum atomic E-state index is 12.5. The molecule has 0 unspecified atom stereocenters. The number of ether oxygens (including phenoxy) is 1. The Bertz CT molecular complexity index is 410. The van der Waals surface area contributed by atoms with Gasteiger partial charge in [-0.1, -0.05) is 0 Å². The number of rotatable bonds is 3. The number of carbonyl (C=O) groups excluding carboxylic acids is 1. The van der Waals surface area contributed by atoms with Crippen LogP contribution in [0, 0.1) is 6.92 Å². The summed E-state index contributed by atoms with van der Waals surface area (Å²) in [5, 5.41) is 0. The lowest BCUT2D eigenvalue weighted by atomic mass is 10.2. The zero-order chi connectivity index (χ0) is 12.3. The third kappa shape index (κ3) is 2.75. The maximum absolute atomic E-state index is 12.5. The van der Waals surface area contributed by atoms with Gasteiger partial charge < -0.3 is 4.74 Å². The number of nitrogens with zero attached hydrogens (tertiary/aromatic N) is 1. The van der Waals surface area contributed by atoms with E-state index >= 15 is 0 Å². The molecule has 1 aromatic heterocycles. The van der Waals surface area contributed by atoms with E-state index in [1.54, 1.807) is 13.8 Å². The van der Waals surface area contributed by atoms with Crippen LogP contribution in [-0.4, -0.2) is 17.6 Å². The molecular weight excluding hydrogens is 284 g/mol. The van der Waals surface area contributed by atoms with E-state index in [0.717, 1.165) is 6.07 Å². The van der Waals surface area contributed by atoms with Gasteiger partial charge in [-0.15, -0.1) is 0 Å². The van der Waals surface area contributed by atoms with Crippen LogP contribution in [-0.2, 0) is 4.74 Å². The predicted molar refractivity (Wildman–Crippen MR) is 57.6 cm³/mol. The van der Waals surface area contributed by atoms with Gasteiger partial charge in [0.1, 0.15) is 5.69 Å². The van der Waals surface area contributed by atoms with Crippen molar-refractivity contribution >= 4 is 21.9 Å². The van der Waals surface area contributed by atoms with E-state index in [4.69, 9.17) is 4.74 Å². The highest BCUT2D eigenvalue weighted by atomic mass is 79.9. The fourth-order valence-corrected chi connectivity index (χ4v) is 1.52. The molecule has 0 fully saturated rings. The zero-order valence-electron chi connectivity index (χ0n) is 8.76. The van der Waals surface area contributed by atoms with E-state index in [2.05, 4.69) is 20.9 Å². The first-order valence-electron chi connectivity index (χ1n) is 4.59. The van der Waals surface area contributed by atoms with Crippen LogP contribution < -0.4 is 0 Å². The van der Waals surface area contributed by atoms with Crippen molar-refractivity contribution < 1.29 is 18.3 Å². The van der Waals surface area contributed by atoms with E-state index in [1.165, 1.54) is 0 Å². The van der Waals surface area contributed by atoms with E-state index < -0.39 is 18.1 Å². The van der Waals surface area contributed by atoms with Gasteiger partial charge in [-0.05, 0) is 35.8 Å². The Hall–Kier alpha value is -1.04. The summed E-state index contributed by atoms with van der Waals surface area (Å²) >= 11 is 3.13. The number of pyridine rings is 1. The lowest BCUT2D eigenvalue weighted by Crippen LogP contribution is -2.08. The Balaban J connectivity index is 3.21. The Morgan fingerprint density at radius 2 is 2.25 bits per heavy atom. The molecule has 1 rings (SSSR count). The van der Waals surface area contributed by atoms with Crippen molar-refractivity contribution in [1.82, 2.24) is 4.98 Å². The first-order chi connectivity index (χ1) is 7.47. The van der Waals surface area contributed by atoms with Crippen molar-refractivity contribution in [3.8, 4) is 0 Å². The summed E-state index contributed by atoms with van der Waals surface area (Å²) in [5.74, 6) is -0.637. The van der Waals surface area contributed by atoms with Crippen LogP contribution in [0.25, 0.3) is 0 Å². The molecule has 0 aliphatic heterocycles. The number of alkyl halides is 2. The normalized spacial score (nSPS) is 10.6. The predicted octanol–water partition coefficient (Wildman–Crippen LogP) is 3.27. The minimum atomic E-state index is -2.71. The van der Waals surface area contributed by atoms with Crippen LogP contribution in [0.3, 0.4) is 0 Å². The van der Waals surface area contributed by atoms with E-state index in [-0.39, 0.29) is 12.2 Å². The highest BCUT2D eigenvalue weighted by Gasteiger charge is 2.19. The Kier molecular flexibility index (Phi) is 4.35. The summed E-state index contributed by atoms with van der Waals surface area (Å²) in [7, 11) is 0. The smallest absolute Gasteiger partial charge is 0.339 e. The number of carbonyl (C=O) groups is 1. The lowest BCUT2D eigenvalue weighted by molar-refractivity contribution is 0.0524. The molecule has 0 saturated carbocycles. The van der Waals surface area contributed by atoms with E-state index in [1.807, 2.05) is 0 Å². The van der Waals surface area contributed by atoms with Gasteiger partial charge in [0.2, 0.25) is 0 Å². The molecule has 0 aliphatic rings. The fraction of sp³-hybridized carbons (Fsp3) is 0.400. The largest absolute Gasteiger partial charge is 0.462 e. The van der Waals surface area contributed by atoms with Crippen molar-refractivity contribution in [3.05, 3.63) is 27.5 Å². The van der Waals surface area contributed by atoms with Gasteiger partial charge in [-0.2, -0.15) is 0 Å². The average molecular weight is 294 g/mol. The van der Waals surface area contributed by atoms with Gasteiger partial charge >= 0.3 is 5.97 Å². The van der Waals surface area contributed by atoms with Crippen molar-refractivity contribution in [1.29, 1.82) is 0 Å². The highest BCUT2D eigenvalue weighted by Crippen LogP contribution is 2.26. The molecule has 16 heavy (non-hydrogen) atoms.